The van der Waals surface area contributed by atoms with Crippen LogP contribution in [0.5, 0.6) is 0 Å². The molecule has 1 fully saturated rings. The van der Waals surface area contributed by atoms with E-state index in [2.05, 4.69) is 15.2 Å². The van der Waals surface area contributed by atoms with Gasteiger partial charge in [0.2, 0.25) is 17.6 Å². The van der Waals surface area contributed by atoms with E-state index < -0.39 is 5.97 Å². The number of carbonyl (C=O) groups excluding carboxylic acids is 1. The Bertz CT molecular complexity index is 961. The van der Waals surface area contributed by atoms with Crippen molar-refractivity contribution in [3.05, 3.63) is 42.4 Å². The Hall–Kier alpha value is -3.43. The molecule has 0 bridgehead atoms. The molecule has 10 nitrogen and oxygen atoms in total. The van der Waals surface area contributed by atoms with Gasteiger partial charge >= 0.3 is 5.97 Å². The van der Waals surface area contributed by atoms with Gasteiger partial charge in [0.25, 0.3) is 0 Å². The molecule has 3 aromatic rings. The molecule has 1 unspecified atom stereocenters. The Morgan fingerprint density at radius 2 is 2.25 bits per heavy atom. The van der Waals surface area contributed by atoms with Crippen LogP contribution >= 0.6 is 0 Å². The van der Waals surface area contributed by atoms with Crippen molar-refractivity contribution >= 4 is 11.9 Å². The van der Waals surface area contributed by atoms with E-state index in [1.54, 1.807) is 15.6 Å². The second-order valence-electron chi connectivity index (χ2n) is 6.67. The first kappa shape index (κ1) is 18.0. The summed E-state index contributed by atoms with van der Waals surface area (Å²) in [6, 6.07) is 1.71. The Morgan fingerprint density at radius 3 is 3.00 bits per heavy atom. The zero-order valence-electron chi connectivity index (χ0n) is 15.0. The van der Waals surface area contributed by atoms with Crippen molar-refractivity contribution in [3.8, 4) is 11.4 Å². The minimum absolute atomic E-state index is 0.00150. The summed E-state index contributed by atoms with van der Waals surface area (Å²) in [6.45, 7) is 1.18. The summed E-state index contributed by atoms with van der Waals surface area (Å²) < 4.78 is 11.8. The number of carboxylic acids is 1. The molecule has 1 atom stereocenters. The molecule has 1 aliphatic heterocycles. The molecule has 10 heteroatoms. The number of aromatic nitrogens is 4. The smallest absolute Gasteiger partial charge is 0.338 e. The maximum absolute atomic E-state index is 12.6. The summed E-state index contributed by atoms with van der Waals surface area (Å²) in [5.74, 6) is -0.179. The van der Waals surface area contributed by atoms with Gasteiger partial charge in [0.15, 0.2) is 0 Å². The molecule has 4 rings (SSSR count). The highest BCUT2D eigenvalue weighted by atomic mass is 16.5. The molecule has 0 spiro atoms. The quantitative estimate of drug-likeness (QED) is 0.682. The van der Waals surface area contributed by atoms with Crippen LogP contribution in [0.2, 0.25) is 0 Å². The highest BCUT2D eigenvalue weighted by Crippen LogP contribution is 2.22. The maximum Gasteiger partial charge on any atom is 0.338 e. The molecule has 1 N–H and O–H groups in total. The minimum Gasteiger partial charge on any atom is -0.478 e. The predicted molar refractivity (Wildman–Crippen MR) is 94.4 cm³/mol. The molecular formula is C18H19N5O5. The van der Waals surface area contributed by atoms with E-state index in [-0.39, 0.29) is 23.9 Å². The lowest BCUT2D eigenvalue weighted by Crippen LogP contribution is -2.41. The van der Waals surface area contributed by atoms with E-state index in [9.17, 15) is 9.59 Å². The van der Waals surface area contributed by atoms with Crippen LogP contribution in [0, 0.1) is 0 Å². The number of hydrogen-bond donors (Lipinski definition) is 1. The van der Waals surface area contributed by atoms with Crippen molar-refractivity contribution in [1.29, 1.82) is 0 Å². The number of aryl methyl sites for hydroxylation is 1. The lowest BCUT2D eigenvalue weighted by Gasteiger charge is -2.32. The summed E-state index contributed by atoms with van der Waals surface area (Å²) in [6.07, 6.45) is 8.20. The van der Waals surface area contributed by atoms with E-state index in [0.717, 1.165) is 18.4 Å². The number of piperidine rings is 1. The largest absolute Gasteiger partial charge is 0.478 e. The second kappa shape index (κ2) is 7.67. The van der Waals surface area contributed by atoms with Crippen molar-refractivity contribution in [1.82, 2.24) is 24.8 Å². The number of hydrogen-bond acceptors (Lipinski definition) is 7. The van der Waals surface area contributed by atoms with E-state index in [1.807, 2.05) is 0 Å². The summed E-state index contributed by atoms with van der Waals surface area (Å²) in [5, 5.41) is 17.1. The van der Waals surface area contributed by atoms with Crippen LogP contribution in [0.1, 0.15) is 41.6 Å². The molecular weight excluding hydrogens is 366 g/mol. The van der Waals surface area contributed by atoms with Crippen LogP contribution < -0.4 is 0 Å². The number of rotatable bonds is 6. The molecule has 1 amide bonds. The van der Waals surface area contributed by atoms with Crippen LogP contribution in [0.15, 0.2) is 39.9 Å². The third kappa shape index (κ3) is 3.80. The summed E-state index contributed by atoms with van der Waals surface area (Å²) in [4.78, 5) is 29.7. The first-order chi connectivity index (χ1) is 13.6. The van der Waals surface area contributed by atoms with Crippen molar-refractivity contribution < 1.29 is 23.6 Å². The first-order valence-corrected chi connectivity index (χ1v) is 9.00. The standard InChI is InChI=1S/C18H19N5O5/c24-16(4-3-15-20-17(21-28-15)12-5-7-27-11-12)22-6-1-2-14(10-22)23-9-13(8-19-23)18(25)26/h5,7-9,11,14H,1-4,6,10H2,(H,25,26). The van der Waals surface area contributed by atoms with Crippen molar-refractivity contribution in [2.45, 2.75) is 31.7 Å². The van der Waals surface area contributed by atoms with Gasteiger partial charge in [0, 0.05) is 32.1 Å². The van der Waals surface area contributed by atoms with Gasteiger partial charge in [-0.1, -0.05) is 5.16 Å². The number of nitrogens with zero attached hydrogens (tertiary/aromatic N) is 5. The average molecular weight is 385 g/mol. The van der Waals surface area contributed by atoms with Gasteiger partial charge in [-0.15, -0.1) is 0 Å². The van der Waals surface area contributed by atoms with Crippen LogP contribution in [0.25, 0.3) is 11.4 Å². The van der Waals surface area contributed by atoms with Gasteiger partial charge in [-0.3, -0.25) is 9.48 Å². The van der Waals surface area contributed by atoms with Gasteiger partial charge in [-0.05, 0) is 18.9 Å². The lowest BCUT2D eigenvalue weighted by molar-refractivity contribution is -0.133. The molecule has 1 aliphatic rings. The second-order valence-corrected chi connectivity index (χ2v) is 6.67. The summed E-state index contributed by atoms with van der Waals surface area (Å²) >= 11 is 0. The predicted octanol–water partition coefficient (Wildman–Crippen LogP) is 2.02. The number of aromatic carboxylic acids is 1. The molecule has 4 heterocycles. The molecule has 0 radical (unpaired) electrons. The van der Waals surface area contributed by atoms with Crippen molar-refractivity contribution in [3.63, 3.8) is 0 Å². The third-order valence-corrected chi connectivity index (χ3v) is 4.77. The van der Waals surface area contributed by atoms with E-state index >= 15 is 0 Å². The molecule has 28 heavy (non-hydrogen) atoms. The fourth-order valence-electron chi connectivity index (χ4n) is 3.28. The average Bonchev–Trinajstić information content (AvgIpc) is 3.47. The van der Waals surface area contributed by atoms with Crippen LogP contribution in [-0.2, 0) is 11.2 Å². The molecule has 1 saturated heterocycles. The van der Waals surface area contributed by atoms with Crippen LogP contribution in [0.3, 0.4) is 0 Å². The number of carboxylic acid groups (broad SMARTS) is 1. The number of likely N-dealkylation sites (tertiary alicyclic amines) is 1. The fourth-order valence-corrected chi connectivity index (χ4v) is 3.28. The Labute approximate surface area is 159 Å². The Kier molecular flexibility index (Phi) is 4.92. The molecule has 0 aliphatic carbocycles. The zero-order chi connectivity index (χ0) is 19.5. The van der Waals surface area contributed by atoms with Gasteiger partial charge < -0.3 is 18.9 Å². The van der Waals surface area contributed by atoms with E-state index in [4.69, 9.17) is 14.0 Å². The normalized spacial score (nSPS) is 17.0. The molecule has 3 aromatic heterocycles. The summed E-state index contributed by atoms with van der Waals surface area (Å²) in [7, 11) is 0. The van der Waals surface area contributed by atoms with Gasteiger partial charge in [-0.25, -0.2) is 4.79 Å². The monoisotopic (exact) mass is 385 g/mol. The maximum atomic E-state index is 12.6. The minimum atomic E-state index is -1.01. The van der Waals surface area contributed by atoms with Crippen molar-refractivity contribution in [2.24, 2.45) is 0 Å². The van der Waals surface area contributed by atoms with Gasteiger partial charge in [0.1, 0.15) is 6.26 Å². The number of amides is 1. The topological polar surface area (TPSA) is 127 Å². The Morgan fingerprint density at radius 1 is 1.36 bits per heavy atom. The van der Waals surface area contributed by atoms with Crippen LogP contribution in [0.4, 0.5) is 0 Å². The third-order valence-electron chi connectivity index (χ3n) is 4.77. The number of carbonyl (C=O) groups is 2. The van der Waals surface area contributed by atoms with E-state index in [1.165, 1.54) is 24.9 Å². The van der Waals surface area contributed by atoms with Gasteiger partial charge in [-0.2, -0.15) is 10.1 Å². The number of furan rings is 1. The van der Waals surface area contributed by atoms with Gasteiger partial charge in [0.05, 0.1) is 29.6 Å². The van der Waals surface area contributed by atoms with E-state index in [0.29, 0.717) is 31.2 Å². The van der Waals surface area contributed by atoms with Crippen molar-refractivity contribution in [2.75, 3.05) is 13.1 Å². The zero-order valence-corrected chi connectivity index (χ0v) is 15.0. The summed E-state index contributed by atoms with van der Waals surface area (Å²) in [5.41, 5.74) is 0.869. The van der Waals surface area contributed by atoms with Crippen LogP contribution in [-0.4, -0.2) is 54.9 Å². The molecule has 146 valence electrons. The lowest BCUT2D eigenvalue weighted by atomic mass is 10.1. The fraction of sp³-hybridized carbons (Fsp3) is 0.389. The molecule has 0 saturated carbocycles. The molecule has 0 aromatic carbocycles. The highest BCUT2D eigenvalue weighted by molar-refractivity contribution is 5.86. The first-order valence-electron chi connectivity index (χ1n) is 9.00. The SMILES string of the molecule is O=C(O)c1cnn(C2CCCN(C(=O)CCc3nc(-c4ccoc4)no3)C2)c1. The highest BCUT2D eigenvalue weighted by Gasteiger charge is 2.26. The Balaban J connectivity index is 1.33.